The number of benzene rings is 1. The Bertz CT molecular complexity index is 1350. The summed E-state index contributed by atoms with van der Waals surface area (Å²) in [5, 5.41) is 12.7. The lowest BCUT2D eigenvalue weighted by molar-refractivity contribution is -0.148. The highest BCUT2D eigenvalue weighted by Crippen LogP contribution is 2.42. The molecule has 1 unspecified atom stereocenters. The molecule has 3 aromatic heterocycles. The van der Waals surface area contributed by atoms with Gasteiger partial charge in [-0.2, -0.15) is 5.10 Å². The van der Waals surface area contributed by atoms with Crippen LogP contribution in [0.2, 0.25) is 0 Å². The molecule has 1 atom stereocenters. The zero-order valence-corrected chi connectivity index (χ0v) is 20.7. The molecule has 0 amide bonds. The Kier molecular flexibility index (Phi) is 5.89. The SMILES string of the molecule is CCOC(=O)C1CCc2c(sc3ncnc(Nc4cc5cn[nH]c5cc4OCC(C)(C)C)c23)C1. The van der Waals surface area contributed by atoms with Gasteiger partial charge in [0.05, 0.1) is 41.9 Å². The monoisotopic (exact) mass is 479 g/mol. The highest BCUT2D eigenvalue weighted by atomic mass is 32.1. The first-order chi connectivity index (χ1) is 16.3. The van der Waals surface area contributed by atoms with Gasteiger partial charge in [-0.1, -0.05) is 20.8 Å². The number of esters is 1. The molecule has 3 heterocycles. The van der Waals surface area contributed by atoms with E-state index in [-0.39, 0.29) is 17.3 Å². The van der Waals surface area contributed by atoms with Crippen LogP contribution in [0.5, 0.6) is 5.75 Å². The molecule has 4 aromatic rings. The van der Waals surface area contributed by atoms with Crippen LogP contribution in [0.25, 0.3) is 21.1 Å². The topological polar surface area (TPSA) is 102 Å². The van der Waals surface area contributed by atoms with Crippen LogP contribution in [-0.2, 0) is 22.4 Å². The van der Waals surface area contributed by atoms with E-state index in [1.165, 1.54) is 10.4 Å². The van der Waals surface area contributed by atoms with Crippen LogP contribution in [-0.4, -0.2) is 39.3 Å². The van der Waals surface area contributed by atoms with E-state index in [1.54, 1.807) is 23.9 Å². The number of rotatable bonds is 6. The molecule has 0 radical (unpaired) electrons. The Balaban J connectivity index is 1.51. The second-order valence-electron chi connectivity index (χ2n) is 9.88. The van der Waals surface area contributed by atoms with Gasteiger partial charge < -0.3 is 14.8 Å². The number of hydrogen-bond acceptors (Lipinski definition) is 8. The number of hydrogen-bond donors (Lipinski definition) is 2. The minimum absolute atomic E-state index is 0.0181. The molecule has 0 saturated heterocycles. The number of carbonyl (C=O) groups excluding carboxylic acids is 1. The van der Waals surface area contributed by atoms with E-state index in [1.807, 2.05) is 19.1 Å². The van der Waals surface area contributed by atoms with Gasteiger partial charge in [-0.15, -0.1) is 11.3 Å². The number of aryl methyl sites for hydroxylation is 1. The summed E-state index contributed by atoms with van der Waals surface area (Å²) in [7, 11) is 0. The van der Waals surface area contributed by atoms with Crippen LogP contribution < -0.4 is 10.1 Å². The van der Waals surface area contributed by atoms with Crippen molar-refractivity contribution in [3.63, 3.8) is 0 Å². The normalized spacial score (nSPS) is 15.9. The Morgan fingerprint density at radius 2 is 2.15 bits per heavy atom. The van der Waals surface area contributed by atoms with E-state index in [0.29, 0.717) is 19.6 Å². The minimum atomic E-state index is -0.107. The lowest BCUT2D eigenvalue weighted by Crippen LogP contribution is -2.23. The third-order valence-corrected chi connectivity index (χ3v) is 7.08. The van der Waals surface area contributed by atoms with Gasteiger partial charge in [0, 0.05) is 16.3 Å². The van der Waals surface area contributed by atoms with Crippen LogP contribution in [0.1, 0.15) is 44.6 Å². The standard InChI is InChI=1S/C25H29N5O3S/c1-5-32-24(31)14-6-7-16-20(9-14)34-23-21(16)22(26-13-27-23)29-18-8-15-11-28-30-17(15)10-19(18)33-12-25(2,3)4/h8,10-11,13-14H,5-7,9,12H2,1-4H3,(H,28,30)(H,26,27,29). The second kappa shape index (κ2) is 8.87. The number of anilines is 2. The average Bonchev–Trinajstić information content (AvgIpc) is 3.40. The van der Waals surface area contributed by atoms with Crippen molar-refractivity contribution in [3.05, 3.63) is 35.1 Å². The number of carbonyl (C=O) groups is 1. The molecule has 0 fully saturated rings. The van der Waals surface area contributed by atoms with Crippen molar-refractivity contribution in [3.8, 4) is 5.75 Å². The number of thiophene rings is 1. The van der Waals surface area contributed by atoms with Crippen molar-refractivity contribution in [2.75, 3.05) is 18.5 Å². The number of aromatic nitrogens is 4. The summed E-state index contributed by atoms with van der Waals surface area (Å²) in [5.74, 6) is 1.29. The summed E-state index contributed by atoms with van der Waals surface area (Å²) in [6, 6.07) is 4.00. The largest absolute Gasteiger partial charge is 0.491 e. The Labute approximate surface area is 202 Å². The predicted molar refractivity (Wildman–Crippen MR) is 134 cm³/mol. The van der Waals surface area contributed by atoms with Crippen molar-refractivity contribution in [2.24, 2.45) is 11.3 Å². The summed E-state index contributed by atoms with van der Waals surface area (Å²) < 4.78 is 11.5. The fourth-order valence-electron chi connectivity index (χ4n) is 4.28. The fourth-order valence-corrected chi connectivity index (χ4v) is 5.54. The van der Waals surface area contributed by atoms with Crippen molar-refractivity contribution < 1.29 is 14.3 Å². The lowest BCUT2D eigenvalue weighted by Gasteiger charge is -2.22. The molecule has 1 aliphatic carbocycles. The quantitative estimate of drug-likeness (QED) is 0.357. The molecule has 34 heavy (non-hydrogen) atoms. The summed E-state index contributed by atoms with van der Waals surface area (Å²) in [6.07, 6.45) is 5.64. The number of fused-ring (bicyclic) bond motifs is 4. The number of ether oxygens (including phenoxy) is 2. The molecule has 0 saturated carbocycles. The molecule has 1 aromatic carbocycles. The first-order valence-electron chi connectivity index (χ1n) is 11.6. The molecular weight excluding hydrogens is 450 g/mol. The third-order valence-electron chi connectivity index (χ3n) is 5.92. The molecular formula is C25H29N5O3S. The fraction of sp³-hybridized carbons (Fsp3) is 0.440. The van der Waals surface area contributed by atoms with E-state index in [9.17, 15) is 4.79 Å². The van der Waals surface area contributed by atoms with Gasteiger partial charge in [0.1, 0.15) is 22.7 Å². The molecule has 178 valence electrons. The van der Waals surface area contributed by atoms with Crippen molar-refractivity contribution >= 4 is 49.9 Å². The number of H-pyrrole nitrogens is 1. The lowest BCUT2D eigenvalue weighted by atomic mass is 9.88. The van der Waals surface area contributed by atoms with Gasteiger partial charge in [0.25, 0.3) is 0 Å². The molecule has 2 N–H and O–H groups in total. The van der Waals surface area contributed by atoms with E-state index in [4.69, 9.17) is 9.47 Å². The van der Waals surface area contributed by atoms with Gasteiger partial charge in [0.15, 0.2) is 0 Å². The van der Waals surface area contributed by atoms with E-state index >= 15 is 0 Å². The first-order valence-corrected chi connectivity index (χ1v) is 12.4. The Hall–Kier alpha value is -3.20. The van der Waals surface area contributed by atoms with Crippen molar-refractivity contribution in [1.29, 1.82) is 0 Å². The summed E-state index contributed by atoms with van der Waals surface area (Å²) in [5.41, 5.74) is 2.99. The maximum absolute atomic E-state index is 12.3. The zero-order chi connectivity index (χ0) is 23.9. The maximum Gasteiger partial charge on any atom is 0.309 e. The smallest absolute Gasteiger partial charge is 0.309 e. The molecule has 9 heteroatoms. The number of nitrogens with zero attached hydrogens (tertiary/aromatic N) is 3. The Morgan fingerprint density at radius 3 is 2.94 bits per heavy atom. The molecule has 0 spiro atoms. The van der Waals surface area contributed by atoms with Crippen LogP contribution >= 0.6 is 11.3 Å². The van der Waals surface area contributed by atoms with Crippen LogP contribution in [0.3, 0.4) is 0 Å². The zero-order valence-electron chi connectivity index (χ0n) is 19.9. The summed E-state index contributed by atoms with van der Waals surface area (Å²) >= 11 is 1.64. The second-order valence-corrected chi connectivity index (χ2v) is 11.0. The number of aromatic amines is 1. The van der Waals surface area contributed by atoms with Gasteiger partial charge in [-0.3, -0.25) is 9.89 Å². The van der Waals surface area contributed by atoms with E-state index in [2.05, 4.69) is 46.3 Å². The van der Waals surface area contributed by atoms with E-state index < -0.39 is 0 Å². The van der Waals surface area contributed by atoms with Crippen LogP contribution in [0.15, 0.2) is 24.7 Å². The van der Waals surface area contributed by atoms with E-state index in [0.717, 1.165) is 51.2 Å². The van der Waals surface area contributed by atoms with Gasteiger partial charge in [-0.25, -0.2) is 9.97 Å². The molecule has 1 aliphatic rings. The molecule has 5 rings (SSSR count). The highest BCUT2D eigenvalue weighted by Gasteiger charge is 2.30. The van der Waals surface area contributed by atoms with Gasteiger partial charge in [-0.05, 0) is 43.2 Å². The summed E-state index contributed by atoms with van der Waals surface area (Å²) in [6.45, 7) is 9.26. The molecule has 0 bridgehead atoms. The van der Waals surface area contributed by atoms with Crippen LogP contribution in [0.4, 0.5) is 11.5 Å². The number of nitrogens with one attached hydrogen (secondary N) is 2. The van der Waals surface area contributed by atoms with Gasteiger partial charge in [0.2, 0.25) is 0 Å². The third kappa shape index (κ3) is 4.44. The highest BCUT2D eigenvalue weighted by molar-refractivity contribution is 7.19. The minimum Gasteiger partial charge on any atom is -0.491 e. The van der Waals surface area contributed by atoms with Crippen molar-refractivity contribution in [2.45, 2.75) is 47.0 Å². The summed E-state index contributed by atoms with van der Waals surface area (Å²) in [4.78, 5) is 23.6. The van der Waals surface area contributed by atoms with Crippen LogP contribution in [0, 0.1) is 11.3 Å². The molecule has 0 aliphatic heterocycles. The maximum atomic E-state index is 12.3. The van der Waals surface area contributed by atoms with Crippen molar-refractivity contribution in [1.82, 2.24) is 20.2 Å². The Morgan fingerprint density at radius 1 is 1.29 bits per heavy atom. The first kappa shape index (κ1) is 22.6. The van der Waals surface area contributed by atoms with Gasteiger partial charge >= 0.3 is 5.97 Å². The molecule has 8 nitrogen and oxygen atoms in total. The average molecular weight is 480 g/mol. The predicted octanol–water partition coefficient (Wildman–Crippen LogP) is 5.40.